The summed E-state index contributed by atoms with van der Waals surface area (Å²) in [6.07, 6.45) is -5.30. The van der Waals surface area contributed by atoms with E-state index in [1.165, 1.54) is 21.1 Å². The zero-order valence-electron chi connectivity index (χ0n) is 33.6. The van der Waals surface area contributed by atoms with Crippen LogP contribution in [0.15, 0.2) is 36.4 Å². The fourth-order valence-corrected chi connectivity index (χ4v) is 8.99. The molecule has 3 N–H and O–H groups in total. The molecule has 59 heavy (non-hydrogen) atoms. The number of nitrogens with one attached hydrogen (secondary N) is 2. The maximum atomic E-state index is 15.0. The molecule has 2 aliphatic heterocycles. The molecule has 6 atom stereocenters. The molecule has 3 fully saturated rings. The number of methoxy groups -OCH3 is 2. The van der Waals surface area contributed by atoms with Gasteiger partial charge in [0.15, 0.2) is 0 Å². The number of allylic oxidation sites excluding steroid dienone is 1. The van der Waals surface area contributed by atoms with Gasteiger partial charge in [0.25, 0.3) is 5.91 Å². The number of nitrogens with zero attached hydrogens (tertiary/aromatic N) is 3. The quantitative estimate of drug-likeness (QED) is 0.287. The molecule has 1 aromatic heterocycles. The Kier molecular flexibility index (Phi) is 11.8. The lowest BCUT2D eigenvalue weighted by atomic mass is 9.95. The van der Waals surface area contributed by atoms with E-state index >= 15 is 4.79 Å². The van der Waals surface area contributed by atoms with E-state index in [0.29, 0.717) is 56.1 Å². The van der Waals surface area contributed by atoms with Crippen LogP contribution >= 0.6 is 0 Å². The third-order valence-corrected chi connectivity index (χ3v) is 14.1. The van der Waals surface area contributed by atoms with Crippen LogP contribution in [0.5, 0.6) is 17.5 Å². The second kappa shape index (κ2) is 16.0. The second-order valence-corrected chi connectivity index (χ2v) is 18.4. The van der Waals surface area contributed by atoms with Crippen molar-refractivity contribution in [1.29, 1.82) is 0 Å². The molecule has 20 heteroatoms. The van der Waals surface area contributed by atoms with Crippen molar-refractivity contribution in [2.24, 2.45) is 5.92 Å². The number of alkyl halides is 3. The van der Waals surface area contributed by atoms with Gasteiger partial charge in [-0.05, 0) is 82.9 Å². The number of ether oxygens (including phenoxy) is 4. The van der Waals surface area contributed by atoms with Crippen molar-refractivity contribution in [3.8, 4) is 17.5 Å². The monoisotopic (exact) mass is 853 g/mol. The van der Waals surface area contributed by atoms with Gasteiger partial charge in [0.05, 0.1) is 31.6 Å². The number of halogens is 3. The van der Waals surface area contributed by atoms with Crippen LogP contribution in [-0.2, 0) is 29.1 Å². The standard InChI is InChI=1S/C39H50F3N5O11S/c1-7-28-30(47(35(51)52)36(2,3)39(40,41)42)33(49)46-21-25(58-32-26-13-12-24(55-5)17-22(26)18-29(43-32)56-6)19-27(46)31(48)44-38(20-23(38)11-9-8-10-16-57-28)34(50)45-59(53,54)37(4)14-15-37/h9,11-13,17-18,23,25,27-28,30H,7-8,10,14-16,19-21H2,1-6H3,(H,44,48)(H,45,50)(H,51,52)/b11-9-/t23-,25-,27+,28+,30+,38-/m1/s1. The van der Waals surface area contributed by atoms with Crippen molar-refractivity contribution < 1.29 is 64.8 Å². The number of amides is 4. The maximum absolute atomic E-state index is 15.0. The van der Waals surface area contributed by atoms with E-state index in [9.17, 15) is 41.1 Å². The highest BCUT2D eigenvalue weighted by Crippen LogP contribution is 2.48. The normalized spacial score (nSPS) is 27.9. The molecule has 324 valence electrons. The first-order chi connectivity index (χ1) is 27.6. The van der Waals surface area contributed by atoms with E-state index in [1.807, 2.05) is 0 Å². The van der Waals surface area contributed by atoms with Crippen LogP contribution in [0.1, 0.15) is 72.6 Å². The number of carboxylic acid groups (broad SMARTS) is 1. The fourth-order valence-electron chi connectivity index (χ4n) is 7.68. The molecule has 1 saturated heterocycles. The number of sulfonamides is 1. The number of fused-ring (bicyclic) bond motifs is 3. The Hall–Kier alpha value is -4.85. The summed E-state index contributed by atoms with van der Waals surface area (Å²) in [5.41, 5.74) is -4.87. The third kappa shape index (κ3) is 8.34. The minimum absolute atomic E-state index is 0.0146. The molecule has 4 aliphatic rings. The van der Waals surface area contributed by atoms with Gasteiger partial charge in [-0.2, -0.15) is 18.2 Å². The topological polar surface area (TPSA) is 203 Å². The van der Waals surface area contributed by atoms with Crippen LogP contribution in [0.4, 0.5) is 18.0 Å². The van der Waals surface area contributed by atoms with Crippen LogP contribution < -0.4 is 24.2 Å². The van der Waals surface area contributed by atoms with Crippen LogP contribution in [0.3, 0.4) is 0 Å². The fraction of sp³-hybridized carbons (Fsp3) is 0.615. The lowest BCUT2D eigenvalue weighted by Gasteiger charge is -2.45. The third-order valence-electron chi connectivity index (χ3n) is 11.9. The molecule has 1 aromatic carbocycles. The number of hydrogen-bond acceptors (Lipinski definition) is 11. The predicted octanol–water partition coefficient (Wildman–Crippen LogP) is 4.31. The minimum Gasteiger partial charge on any atom is -0.497 e. The van der Waals surface area contributed by atoms with E-state index in [0.717, 1.165) is 4.90 Å². The van der Waals surface area contributed by atoms with Gasteiger partial charge in [-0.1, -0.05) is 19.1 Å². The summed E-state index contributed by atoms with van der Waals surface area (Å²) < 4.78 is 94.6. The molecular weight excluding hydrogens is 804 g/mol. The van der Waals surface area contributed by atoms with Gasteiger partial charge in [-0.25, -0.2) is 13.2 Å². The van der Waals surface area contributed by atoms with Gasteiger partial charge in [-0.3, -0.25) is 24.0 Å². The molecular formula is C39H50F3N5O11S. The summed E-state index contributed by atoms with van der Waals surface area (Å²) in [5, 5.41) is 14.2. The Labute approximate surface area is 339 Å². The van der Waals surface area contributed by atoms with E-state index in [1.54, 1.807) is 43.3 Å². The highest BCUT2D eigenvalue weighted by atomic mass is 32.2. The smallest absolute Gasteiger partial charge is 0.411 e. The van der Waals surface area contributed by atoms with E-state index in [-0.39, 0.29) is 42.5 Å². The molecule has 6 rings (SSSR count). The van der Waals surface area contributed by atoms with Gasteiger partial charge >= 0.3 is 12.3 Å². The van der Waals surface area contributed by atoms with Crippen LogP contribution in [0.2, 0.25) is 0 Å². The number of aromatic nitrogens is 1. The first-order valence-electron chi connectivity index (χ1n) is 19.4. The molecule has 4 amide bonds. The Morgan fingerprint density at radius 1 is 1.15 bits per heavy atom. The van der Waals surface area contributed by atoms with Gasteiger partial charge in [-0.15, -0.1) is 0 Å². The zero-order valence-corrected chi connectivity index (χ0v) is 34.4. The number of rotatable bonds is 10. The summed E-state index contributed by atoms with van der Waals surface area (Å²) in [4.78, 5) is 61.9. The second-order valence-electron chi connectivity index (χ2n) is 16.2. The molecule has 3 heterocycles. The van der Waals surface area contributed by atoms with Gasteiger partial charge < -0.3 is 34.3 Å². The van der Waals surface area contributed by atoms with Crippen LogP contribution in [-0.4, -0.2) is 126 Å². The Balaban J connectivity index is 1.44. The van der Waals surface area contributed by atoms with Crippen molar-refractivity contribution in [2.45, 2.75) is 119 Å². The summed E-state index contributed by atoms with van der Waals surface area (Å²) >= 11 is 0. The minimum atomic E-state index is -5.15. The van der Waals surface area contributed by atoms with Crippen molar-refractivity contribution in [2.75, 3.05) is 27.4 Å². The average Bonchev–Trinajstić information content (AvgIpc) is 4.05. The number of carbonyl (C=O) groups excluding carboxylic acids is 3. The molecule has 0 radical (unpaired) electrons. The van der Waals surface area contributed by atoms with Crippen LogP contribution in [0.25, 0.3) is 10.8 Å². The molecule has 2 aliphatic carbocycles. The Morgan fingerprint density at radius 3 is 2.47 bits per heavy atom. The summed E-state index contributed by atoms with van der Waals surface area (Å²) in [6.45, 7) is 3.81. The van der Waals surface area contributed by atoms with Crippen molar-refractivity contribution in [1.82, 2.24) is 24.8 Å². The van der Waals surface area contributed by atoms with Crippen molar-refractivity contribution in [3.05, 3.63) is 36.4 Å². The zero-order chi connectivity index (χ0) is 43.3. The highest BCUT2D eigenvalue weighted by Gasteiger charge is 2.64. The van der Waals surface area contributed by atoms with Crippen molar-refractivity contribution >= 4 is 44.6 Å². The Bertz CT molecular complexity index is 2120. The lowest BCUT2D eigenvalue weighted by Crippen LogP contribution is -2.68. The molecule has 0 bridgehead atoms. The molecule has 2 aromatic rings. The summed E-state index contributed by atoms with van der Waals surface area (Å²) in [6, 6.07) is 3.01. The van der Waals surface area contributed by atoms with Gasteiger partial charge in [0.2, 0.25) is 33.6 Å². The number of hydrogen-bond donors (Lipinski definition) is 3. The number of pyridine rings is 1. The van der Waals surface area contributed by atoms with Gasteiger partial charge in [0.1, 0.15) is 35.0 Å². The highest BCUT2D eigenvalue weighted by molar-refractivity contribution is 7.91. The average molecular weight is 854 g/mol. The summed E-state index contributed by atoms with van der Waals surface area (Å²) in [5.74, 6) is -3.03. The number of benzene rings is 1. The van der Waals surface area contributed by atoms with E-state index in [2.05, 4.69) is 15.0 Å². The van der Waals surface area contributed by atoms with E-state index in [4.69, 9.17) is 18.9 Å². The predicted molar refractivity (Wildman–Crippen MR) is 205 cm³/mol. The van der Waals surface area contributed by atoms with Gasteiger partial charge in [0, 0.05) is 30.4 Å². The SMILES string of the molecule is CC[C@@H]1OCCC/C=C\[C@@H]2C[C@@]2(C(=O)NS(=O)(=O)C2(C)CC2)NC(=O)[C@@H]2C[C@@H](Oc3nc(OC)cc4cc(OC)ccc34)CN2C(=O)[C@H]1N(C(=O)O)C(C)(C)C(F)(F)F. The molecule has 2 saturated carbocycles. The molecule has 0 unspecified atom stereocenters. The molecule has 16 nitrogen and oxygen atoms in total. The largest absolute Gasteiger partial charge is 0.497 e. The van der Waals surface area contributed by atoms with E-state index < -0.39 is 92.6 Å². The first-order valence-corrected chi connectivity index (χ1v) is 20.9. The van der Waals surface area contributed by atoms with Crippen molar-refractivity contribution in [3.63, 3.8) is 0 Å². The molecule has 0 spiro atoms. The summed E-state index contributed by atoms with van der Waals surface area (Å²) in [7, 11) is -1.27. The van der Waals surface area contributed by atoms with Crippen LogP contribution in [0, 0.1) is 5.92 Å². The Morgan fingerprint density at radius 2 is 1.86 bits per heavy atom. The number of carbonyl (C=O) groups is 4. The maximum Gasteiger partial charge on any atom is 0.411 e. The first kappa shape index (κ1) is 43.7. The lowest BCUT2D eigenvalue weighted by molar-refractivity contribution is -0.225.